The molecule has 0 fully saturated rings. The summed E-state index contributed by atoms with van der Waals surface area (Å²) in [6.07, 6.45) is 3.29. The van der Waals surface area contributed by atoms with Crippen molar-refractivity contribution in [2.75, 3.05) is 0 Å². The summed E-state index contributed by atoms with van der Waals surface area (Å²) in [5.74, 6) is 0. The maximum Gasteiger partial charge on any atom is 0.0334 e. The third-order valence-electron chi connectivity index (χ3n) is 2.24. The SMILES string of the molecule is CC(C)(C)CCn1cccc1CN. The average molecular weight is 180 g/mol. The quantitative estimate of drug-likeness (QED) is 0.760. The number of rotatable bonds is 3. The Morgan fingerprint density at radius 3 is 2.62 bits per heavy atom. The number of aryl methyl sites for hydroxylation is 1. The van der Waals surface area contributed by atoms with Crippen molar-refractivity contribution in [1.29, 1.82) is 0 Å². The van der Waals surface area contributed by atoms with Gasteiger partial charge in [0.05, 0.1) is 0 Å². The van der Waals surface area contributed by atoms with Crippen molar-refractivity contribution in [3.05, 3.63) is 24.0 Å². The minimum atomic E-state index is 0.399. The first-order chi connectivity index (χ1) is 6.03. The van der Waals surface area contributed by atoms with Crippen LogP contribution >= 0.6 is 0 Å². The number of nitrogens with zero attached hydrogens (tertiary/aromatic N) is 1. The zero-order valence-electron chi connectivity index (χ0n) is 8.88. The molecule has 0 spiro atoms. The Bertz CT molecular complexity index is 255. The van der Waals surface area contributed by atoms with E-state index in [1.165, 1.54) is 12.1 Å². The monoisotopic (exact) mass is 180 g/mol. The highest BCUT2D eigenvalue weighted by atomic mass is 15.0. The summed E-state index contributed by atoms with van der Waals surface area (Å²) in [6, 6.07) is 4.15. The molecule has 0 aliphatic rings. The molecule has 0 radical (unpaired) electrons. The molecule has 2 nitrogen and oxygen atoms in total. The topological polar surface area (TPSA) is 30.9 Å². The zero-order valence-corrected chi connectivity index (χ0v) is 8.88. The van der Waals surface area contributed by atoms with Gasteiger partial charge in [-0.2, -0.15) is 0 Å². The van der Waals surface area contributed by atoms with E-state index in [0.29, 0.717) is 12.0 Å². The van der Waals surface area contributed by atoms with Crippen LogP contribution in [0.25, 0.3) is 0 Å². The van der Waals surface area contributed by atoms with Gasteiger partial charge in [0.15, 0.2) is 0 Å². The first-order valence-electron chi connectivity index (χ1n) is 4.87. The molecule has 0 aliphatic heterocycles. The van der Waals surface area contributed by atoms with Gasteiger partial charge in [-0.3, -0.25) is 0 Å². The second kappa shape index (κ2) is 3.97. The van der Waals surface area contributed by atoms with Crippen LogP contribution in [0.5, 0.6) is 0 Å². The zero-order chi connectivity index (χ0) is 9.90. The van der Waals surface area contributed by atoms with E-state index in [9.17, 15) is 0 Å². The summed E-state index contributed by atoms with van der Waals surface area (Å²) in [4.78, 5) is 0. The minimum absolute atomic E-state index is 0.399. The van der Waals surface area contributed by atoms with Crippen molar-refractivity contribution < 1.29 is 0 Å². The molecule has 0 saturated heterocycles. The third-order valence-corrected chi connectivity index (χ3v) is 2.24. The Kier molecular flexibility index (Phi) is 3.15. The molecule has 74 valence electrons. The summed E-state index contributed by atoms with van der Waals surface area (Å²) in [6.45, 7) is 8.50. The Balaban J connectivity index is 2.54. The second-order valence-corrected chi connectivity index (χ2v) is 4.71. The summed E-state index contributed by atoms with van der Waals surface area (Å²) in [7, 11) is 0. The van der Waals surface area contributed by atoms with E-state index in [4.69, 9.17) is 5.73 Å². The van der Waals surface area contributed by atoms with Crippen molar-refractivity contribution in [2.24, 2.45) is 11.1 Å². The Morgan fingerprint density at radius 1 is 1.38 bits per heavy atom. The lowest BCUT2D eigenvalue weighted by atomic mass is 9.92. The van der Waals surface area contributed by atoms with Crippen molar-refractivity contribution in [3.8, 4) is 0 Å². The number of hydrogen-bond donors (Lipinski definition) is 1. The molecule has 0 bridgehead atoms. The lowest BCUT2D eigenvalue weighted by Gasteiger charge is -2.19. The molecular weight excluding hydrogens is 160 g/mol. The van der Waals surface area contributed by atoms with E-state index in [-0.39, 0.29) is 0 Å². The number of hydrogen-bond acceptors (Lipinski definition) is 1. The fourth-order valence-electron chi connectivity index (χ4n) is 1.31. The third kappa shape index (κ3) is 3.23. The van der Waals surface area contributed by atoms with E-state index in [2.05, 4.69) is 43.7 Å². The van der Waals surface area contributed by atoms with Crippen LogP contribution in [0, 0.1) is 5.41 Å². The summed E-state index contributed by atoms with van der Waals surface area (Å²) >= 11 is 0. The Labute approximate surface area is 80.7 Å². The van der Waals surface area contributed by atoms with E-state index < -0.39 is 0 Å². The first kappa shape index (κ1) is 10.3. The average Bonchev–Trinajstić information content (AvgIpc) is 2.46. The standard InChI is InChI=1S/C11H20N2/c1-11(2,3)6-8-13-7-4-5-10(13)9-12/h4-5,7H,6,8-9,12H2,1-3H3. The molecule has 0 aliphatic carbocycles. The molecule has 2 heteroatoms. The van der Waals surface area contributed by atoms with Gasteiger partial charge >= 0.3 is 0 Å². The van der Waals surface area contributed by atoms with Crippen molar-refractivity contribution >= 4 is 0 Å². The largest absolute Gasteiger partial charge is 0.350 e. The molecule has 1 aromatic rings. The highest BCUT2D eigenvalue weighted by Crippen LogP contribution is 2.19. The predicted molar refractivity (Wildman–Crippen MR) is 56.4 cm³/mol. The minimum Gasteiger partial charge on any atom is -0.350 e. The molecule has 1 heterocycles. The van der Waals surface area contributed by atoms with E-state index in [1.807, 2.05) is 0 Å². The highest BCUT2D eigenvalue weighted by molar-refractivity contribution is 5.06. The Hall–Kier alpha value is -0.760. The molecule has 0 atom stereocenters. The molecule has 13 heavy (non-hydrogen) atoms. The Morgan fingerprint density at radius 2 is 2.08 bits per heavy atom. The first-order valence-corrected chi connectivity index (χ1v) is 4.87. The molecule has 1 aromatic heterocycles. The lowest BCUT2D eigenvalue weighted by Crippen LogP contribution is -2.12. The normalized spacial score (nSPS) is 12.0. The van der Waals surface area contributed by atoms with Gasteiger partial charge in [0.2, 0.25) is 0 Å². The van der Waals surface area contributed by atoms with Gasteiger partial charge in [-0.15, -0.1) is 0 Å². The van der Waals surface area contributed by atoms with Gasteiger partial charge in [-0.1, -0.05) is 20.8 Å². The van der Waals surface area contributed by atoms with Crippen LogP contribution in [0.3, 0.4) is 0 Å². The predicted octanol–water partition coefficient (Wildman–Crippen LogP) is 2.38. The molecular formula is C11H20N2. The van der Waals surface area contributed by atoms with Gasteiger partial charge in [0.25, 0.3) is 0 Å². The molecule has 0 saturated carbocycles. The second-order valence-electron chi connectivity index (χ2n) is 4.71. The van der Waals surface area contributed by atoms with E-state index in [1.54, 1.807) is 0 Å². The van der Waals surface area contributed by atoms with Gasteiger partial charge in [-0.05, 0) is 24.0 Å². The molecule has 1 rings (SSSR count). The molecule has 0 amide bonds. The summed E-state index contributed by atoms with van der Waals surface area (Å²) in [5, 5.41) is 0. The van der Waals surface area contributed by atoms with E-state index >= 15 is 0 Å². The highest BCUT2D eigenvalue weighted by Gasteiger charge is 2.10. The van der Waals surface area contributed by atoms with Crippen LogP contribution in [0.4, 0.5) is 0 Å². The van der Waals surface area contributed by atoms with Gasteiger partial charge in [-0.25, -0.2) is 0 Å². The van der Waals surface area contributed by atoms with Crippen molar-refractivity contribution in [3.63, 3.8) is 0 Å². The van der Waals surface area contributed by atoms with Crippen LogP contribution < -0.4 is 5.73 Å². The van der Waals surface area contributed by atoms with Crippen LogP contribution in [0.1, 0.15) is 32.9 Å². The number of aromatic nitrogens is 1. The number of nitrogens with two attached hydrogens (primary N) is 1. The maximum atomic E-state index is 5.61. The van der Waals surface area contributed by atoms with E-state index in [0.717, 1.165) is 6.54 Å². The van der Waals surface area contributed by atoms with Gasteiger partial charge in [0, 0.05) is 25.0 Å². The molecule has 2 N–H and O–H groups in total. The lowest BCUT2D eigenvalue weighted by molar-refractivity contribution is 0.348. The van der Waals surface area contributed by atoms with Crippen LogP contribution in [0.15, 0.2) is 18.3 Å². The van der Waals surface area contributed by atoms with Crippen LogP contribution in [0.2, 0.25) is 0 Å². The fraction of sp³-hybridized carbons (Fsp3) is 0.636. The molecule has 0 aromatic carbocycles. The van der Waals surface area contributed by atoms with Crippen molar-refractivity contribution in [2.45, 2.75) is 40.3 Å². The van der Waals surface area contributed by atoms with Crippen LogP contribution in [-0.2, 0) is 13.1 Å². The molecule has 0 unspecified atom stereocenters. The fourth-order valence-corrected chi connectivity index (χ4v) is 1.31. The van der Waals surface area contributed by atoms with Crippen molar-refractivity contribution in [1.82, 2.24) is 4.57 Å². The van der Waals surface area contributed by atoms with Gasteiger partial charge < -0.3 is 10.3 Å². The summed E-state index contributed by atoms with van der Waals surface area (Å²) < 4.78 is 2.24. The summed E-state index contributed by atoms with van der Waals surface area (Å²) in [5.41, 5.74) is 7.24. The van der Waals surface area contributed by atoms with Gasteiger partial charge in [0.1, 0.15) is 0 Å². The smallest absolute Gasteiger partial charge is 0.0334 e. The van der Waals surface area contributed by atoms with Crippen LogP contribution in [-0.4, -0.2) is 4.57 Å². The maximum absolute atomic E-state index is 5.61.